The van der Waals surface area contributed by atoms with Gasteiger partial charge in [0, 0.05) is 30.6 Å². The quantitative estimate of drug-likeness (QED) is 0.339. The smallest absolute Gasteiger partial charge is 0.191 e. The van der Waals surface area contributed by atoms with Gasteiger partial charge in [0.1, 0.15) is 0 Å². The zero-order valence-corrected chi connectivity index (χ0v) is 15.3. The van der Waals surface area contributed by atoms with Crippen molar-refractivity contribution < 1.29 is 0 Å². The van der Waals surface area contributed by atoms with Crippen LogP contribution in [0.25, 0.3) is 0 Å². The molecule has 1 rings (SSSR count). The second-order valence-electron chi connectivity index (χ2n) is 4.99. The van der Waals surface area contributed by atoms with Gasteiger partial charge in [-0.15, -0.1) is 30.6 Å². The van der Waals surface area contributed by atoms with Crippen LogP contribution in [0.4, 0.5) is 0 Å². The first-order valence-electron chi connectivity index (χ1n) is 6.31. The van der Waals surface area contributed by atoms with Crippen LogP contribution in [0.2, 0.25) is 5.02 Å². The van der Waals surface area contributed by atoms with Gasteiger partial charge in [-0.25, -0.2) is 0 Å². The molecule has 0 spiro atoms. The van der Waals surface area contributed by atoms with Crippen LogP contribution in [0.3, 0.4) is 0 Å². The average molecular weight is 408 g/mol. The van der Waals surface area contributed by atoms with Crippen molar-refractivity contribution in [1.82, 2.24) is 10.6 Å². The number of guanidine groups is 1. The molecule has 0 amide bonds. The fourth-order valence-electron chi connectivity index (χ4n) is 1.70. The van der Waals surface area contributed by atoms with Crippen molar-refractivity contribution in [2.24, 2.45) is 4.99 Å². The van der Waals surface area contributed by atoms with Crippen molar-refractivity contribution in [3.05, 3.63) is 47.5 Å². The third kappa shape index (κ3) is 6.13. The molecule has 1 aromatic carbocycles. The van der Waals surface area contributed by atoms with Gasteiger partial charge in [-0.05, 0) is 17.7 Å². The van der Waals surface area contributed by atoms with Crippen LogP contribution in [-0.2, 0) is 5.41 Å². The van der Waals surface area contributed by atoms with Gasteiger partial charge in [0.15, 0.2) is 5.96 Å². The lowest BCUT2D eigenvalue weighted by Crippen LogP contribution is -2.43. The minimum Gasteiger partial charge on any atom is -0.356 e. The van der Waals surface area contributed by atoms with E-state index in [1.54, 1.807) is 13.1 Å². The van der Waals surface area contributed by atoms with Crippen LogP contribution in [0, 0.1) is 0 Å². The Morgan fingerprint density at radius 3 is 2.40 bits per heavy atom. The molecule has 0 fully saturated rings. The van der Waals surface area contributed by atoms with Crippen molar-refractivity contribution >= 4 is 41.5 Å². The van der Waals surface area contributed by atoms with Gasteiger partial charge in [0.25, 0.3) is 0 Å². The van der Waals surface area contributed by atoms with E-state index in [2.05, 4.69) is 48.2 Å². The highest BCUT2D eigenvalue weighted by atomic mass is 127. The normalized spacial score (nSPS) is 11.5. The predicted molar refractivity (Wildman–Crippen MR) is 99.5 cm³/mol. The van der Waals surface area contributed by atoms with Gasteiger partial charge in [-0.1, -0.05) is 43.7 Å². The fraction of sp³-hybridized carbons (Fsp3) is 0.400. The molecule has 0 saturated carbocycles. The minimum atomic E-state index is -0.00358. The van der Waals surface area contributed by atoms with Crippen LogP contribution < -0.4 is 10.6 Å². The summed E-state index contributed by atoms with van der Waals surface area (Å²) < 4.78 is 0. The fourth-order valence-corrected chi connectivity index (χ4v) is 1.82. The minimum absolute atomic E-state index is 0. The molecule has 0 aliphatic heterocycles. The molecular weight excluding hydrogens is 385 g/mol. The Hall–Kier alpha value is -0.750. The maximum Gasteiger partial charge on any atom is 0.191 e. The van der Waals surface area contributed by atoms with Crippen LogP contribution >= 0.6 is 35.6 Å². The Bertz CT molecular complexity index is 441. The first-order chi connectivity index (χ1) is 8.99. The van der Waals surface area contributed by atoms with E-state index < -0.39 is 0 Å². The zero-order chi connectivity index (χ0) is 14.3. The number of halogens is 2. The molecule has 0 saturated heterocycles. The van der Waals surface area contributed by atoms with Crippen LogP contribution in [0.1, 0.15) is 19.4 Å². The molecule has 20 heavy (non-hydrogen) atoms. The third-order valence-electron chi connectivity index (χ3n) is 2.96. The lowest BCUT2D eigenvalue weighted by Gasteiger charge is -2.26. The van der Waals surface area contributed by atoms with Gasteiger partial charge < -0.3 is 10.6 Å². The molecule has 0 atom stereocenters. The van der Waals surface area contributed by atoms with Crippen LogP contribution in [0.15, 0.2) is 41.9 Å². The molecule has 112 valence electrons. The summed E-state index contributed by atoms with van der Waals surface area (Å²) >= 11 is 5.91. The first kappa shape index (κ1) is 19.2. The summed E-state index contributed by atoms with van der Waals surface area (Å²) in [6.07, 6.45) is 1.80. The molecule has 0 aliphatic carbocycles. The summed E-state index contributed by atoms with van der Waals surface area (Å²) in [7, 11) is 1.76. The summed E-state index contributed by atoms with van der Waals surface area (Å²) in [5, 5.41) is 7.23. The van der Waals surface area contributed by atoms with E-state index in [9.17, 15) is 0 Å². The third-order valence-corrected chi connectivity index (χ3v) is 3.21. The number of benzene rings is 1. The first-order valence-corrected chi connectivity index (χ1v) is 6.69. The van der Waals surface area contributed by atoms with E-state index in [0.717, 1.165) is 17.5 Å². The molecule has 1 aromatic rings. The average Bonchev–Trinajstić information content (AvgIpc) is 2.39. The van der Waals surface area contributed by atoms with E-state index in [1.807, 2.05) is 12.1 Å². The van der Waals surface area contributed by atoms with E-state index in [1.165, 1.54) is 5.56 Å². The highest BCUT2D eigenvalue weighted by molar-refractivity contribution is 14.0. The van der Waals surface area contributed by atoms with Gasteiger partial charge in [0.05, 0.1) is 0 Å². The van der Waals surface area contributed by atoms with E-state index in [-0.39, 0.29) is 29.4 Å². The lowest BCUT2D eigenvalue weighted by atomic mass is 9.85. The molecule has 0 radical (unpaired) electrons. The monoisotopic (exact) mass is 407 g/mol. The molecule has 0 aromatic heterocycles. The molecule has 0 bridgehead atoms. The number of nitrogens with zero attached hydrogens (tertiary/aromatic N) is 1. The Morgan fingerprint density at radius 1 is 1.30 bits per heavy atom. The number of rotatable bonds is 5. The zero-order valence-electron chi connectivity index (χ0n) is 12.2. The molecular formula is C15H23ClIN3. The largest absolute Gasteiger partial charge is 0.356 e. The molecule has 0 heterocycles. The van der Waals surface area contributed by atoms with Gasteiger partial charge in [0.2, 0.25) is 0 Å². The Kier molecular flexibility index (Phi) is 8.89. The maximum atomic E-state index is 5.91. The van der Waals surface area contributed by atoms with Gasteiger partial charge in [-0.3, -0.25) is 4.99 Å². The summed E-state index contributed by atoms with van der Waals surface area (Å²) in [5.41, 5.74) is 1.24. The molecule has 2 N–H and O–H groups in total. The summed E-state index contributed by atoms with van der Waals surface area (Å²) in [6.45, 7) is 9.52. The van der Waals surface area contributed by atoms with Crippen molar-refractivity contribution in [3.8, 4) is 0 Å². The number of hydrogen-bond acceptors (Lipinski definition) is 1. The number of nitrogens with one attached hydrogen (secondary N) is 2. The van der Waals surface area contributed by atoms with E-state index in [4.69, 9.17) is 11.6 Å². The summed E-state index contributed by atoms with van der Waals surface area (Å²) in [4.78, 5) is 4.16. The standard InChI is InChI=1S/C15H22ClN3.HI/c1-5-10-18-14(17-4)19-11-15(2,3)12-6-8-13(16)9-7-12;/h5-9H,1,10-11H2,2-4H3,(H2,17,18,19);1H. The van der Waals surface area contributed by atoms with E-state index >= 15 is 0 Å². The molecule has 5 heteroatoms. The summed E-state index contributed by atoms with van der Waals surface area (Å²) in [5.74, 6) is 0.780. The Morgan fingerprint density at radius 2 is 1.90 bits per heavy atom. The summed E-state index contributed by atoms with van der Waals surface area (Å²) in [6, 6.07) is 7.96. The van der Waals surface area contributed by atoms with Crippen molar-refractivity contribution in [1.29, 1.82) is 0 Å². The number of hydrogen-bond donors (Lipinski definition) is 2. The van der Waals surface area contributed by atoms with E-state index in [0.29, 0.717) is 6.54 Å². The molecule has 0 unspecified atom stereocenters. The van der Waals surface area contributed by atoms with Gasteiger partial charge >= 0.3 is 0 Å². The second-order valence-corrected chi connectivity index (χ2v) is 5.42. The molecule has 0 aliphatic rings. The lowest BCUT2D eigenvalue weighted by molar-refractivity contribution is 0.509. The maximum absolute atomic E-state index is 5.91. The van der Waals surface area contributed by atoms with Crippen molar-refractivity contribution in [2.75, 3.05) is 20.1 Å². The highest BCUT2D eigenvalue weighted by Crippen LogP contribution is 2.23. The van der Waals surface area contributed by atoms with Crippen LogP contribution in [0.5, 0.6) is 0 Å². The van der Waals surface area contributed by atoms with Gasteiger partial charge in [-0.2, -0.15) is 0 Å². The SMILES string of the molecule is C=CCNC(=NC)NCC(C)(C)c1ccc(Cl)cc1.I. The predicted octanol–water partition coefficient (Wildman–Crippen LogP) is 3.59. The van der Waals surface area contributed by atoms with Crippen molar-refractivity contribution in [3.63, 3.8) is 0 Å². The van der Waals surface area contributed by atoms with Crippen LogP contribution in [-0.4, -0.2) is 26.1 Å². The highest BCUT2D eigenvalue weighted by Gasteiger charge is 2.20. The Labute approximate surface area is 143 Å². The van der Waals surface area contributed by atoms with Crippen molar-refractivity contribution in [2.45, 2.75) is 19.3 Å². The Balaban J connectivity index is 0.00000361. The topological polar surface area (TPSA) is 36.4 Å². The number of aliphatic imine (C=N–C) groups is 1. The second kappa shape index (κ2) is 9.23. The molecule has 3 nitrogen and oxygen atoms in total.